The fourth-order valence-corrected chi connectivity index (χ4v) is 2.63. The molecule has 0 bridgehead atoms. The van der Waals surface area contributed by atoms with E-state index in [9.17, 15) is 0 Å². The van der Waals surface area contributed by atoms with E-state index in [2.05, 4.69) is 0 Å². The molecule has 0 fully saturated rings. The molecule has 0 aliphatic rings. The first-order valence-electron chi connectivity index (χ1n) is 6.23. The number of halogens is 4. The van der Waals surface area contributed by atoms with Gasteiger partial charge in [-0.3, -0.25) is 0 Å². The van der Waals surface area contributed by atoms with Gasteiger partial charge in [-0.25, -0.2) is 0 Å². The van der Waals surface area contributed by atoms with Crippen LogP contribution in [0.5, 0.6) is 11.5 Å². The van der Waals surface area contributed by atoms with E-state index in [4.69, 9.17) is 56.9 Å². The van der Waals surface area contributed by atoms with Crippen molar-refractivity contribution in [1.82, 2.24) is 0 Å². The van der Waals surface area contributed by atoms with Crippen LogP contribution in [0, 0.1) is 0 Å². The third-order valence-electron chi connectivity index (χ3n) is 2.76. The molecule has 2 N–H and O–H groups in total. The zero-order valence-electron chi connectivity index (χ0n) is 11.2. The summed E-state index contributed by atoms with van der Waals surface area (Å²) < 4.78 is 5.84. The van der Waals surface area contributed by atoms with Crippen molar-refractivity contribution >= 4 is 46.4 Å². The highest BCUT2D eigenvalue weighted by Gasteiger charge is 2.12. The minimum Gasteiger partial charge on any atom is -0.455 e. The maximum absolute atomic E-state index is 6.12. The molecule has 2 rings (SSSR count). The Balaban J connectivity index is 2.37. The predicted molar refractivity (Wildman–Crippen MR) is 90.4 cm³/mol. The molecule has 21 heavy (non-hydrogen) atoms. The monoisotopic (exact) mass is 363 g/mol. The van der Waals surface area contributed by atoms with Crippen LogP contribution in [0.1, 0.15) is 12.5 Å². The van der Waals surface area contributed by atoms with E-state index in [0.29, 0.717) is 38.0 Å². The number of hydrogen-bond acceptors (Lipinski definition) is 2. The zero-order valence-corrected chi connectivity index (χ0v) is 14.2. The summed E-state index contributed by atoms with van der Waals surface area (Å²) in [5.74, 6) is 1.07. The molecule has 0 radical (unpaired) electrons. The van der Waals surface area contributed by atoms with Crippen LogP contribution in [0.4, 0.5) is 0 Å². The molecule has 0 amide bonds. The molecule has 0 aromatic heterocycles. The van der Waals surface area contributed by atoms with Crippen molar-refractivity contribution in [2.45, 2.75) is 19.4 Å². The van der Waals surface area contributed by atoms with Crippen molar-refractivity contribution < 1.29 is 4.74 Å². The molecule has 2 aromatic rings. The summed E-state index contributed by atoms with van der Waals surface area (Å²) in [5.41, 5.74) is 6.75. The molecule has 112 valence electrons. The van der Waals surface area contributed by atoms with Crippen LogP contribution in [0.3, 0.4) is 0 Å². The van der Waals surface area contributed by atoms with Gasteiger partial charge in [0.05, 0.1) is 15.1 Å². The van der Waals surface area contributed by atoms with Gasteiger partial charge >= 0.3 is 0 Å². The molecular formula is C15H13Cl4NO. The van der Waals surface area contributed by atoms with Gasteiger partial charge in [-0.2, -0.15) is 0 Å². The van der Waals surface area contributed by atoms with Gasteiger partial charge in [0, 0.05) is 17.1 Å². The van der Waals surface area contributed by atoms with Crippen LogP contribution in [0.2, 0.25) is 20.1 Å². The van der Waals surface area contributed by atoms with E-state index in [-0.39, 0.29) is 6.04 Å². The van der Waals surface area contributed by atoms with Crippen LogP contribution in [0.25, 0.3) is 0 Å². The average molecular weight is 365 g/mol. The first-order chi connectivity index (χ1) is 9.86. The van der Waals surface area contributed by atoms with Gasteiger partial charge in [-0.05, 0) is 43.2 Å². The topological polar surface area (TPSA) is 35.2 Å². The predicted octanol–water partition coefficient (Wildman–Crippen LogP) is 5.98. The Bertz CT molecular complexity index is 658. The van der Waals surface area contributed by atoms with Crippen LogP contribution in [-0.4, -0.2) is 6.04 Å². The lowest BCUT2D eigenvalue weighted by Gasteiger charge is -2.14. The lowest BCUT2D eigenvalue weighted by molar-refractivity contribution is 0.474. The minimum absolute atomic E-state index is 0.0184. The Labute approximate surface area is 143 Å². The normalized spacial score (nSPS) is 12.3. The van der Waals surface area contributed by atoms with Gasteiger partial charge in [-0.15, -0.1) is 0 Å². The first-order valence-corrected chi connectivity index (χ1v) is 7.74. The molecule has 0 aliphatic carbocycles. The number of rotatable bonds is 4. The summed E-state index contributed by atoms with van der Waals surface area (Å²) in [5, 5.41) is 1.75. The average Bonchev–Trinajstić information content (AvgIpc) is 2.38. The summed E-state index contributed by atoms with van der Waals surface area (Å²) in [6, 6.07) is 8.45. The van der Waals surface area contributed by atoms with Gasteiger partial charge in [0.25, 0.3) is 0 Å². The first kappa shape index (κ1) is 16.7. The standard InChI is InChI=1S/C15H13Cl4NO/c1-8(20)4-9-5-10(16)2-3-14(9)21-15-7-12(18)11(17)6-13(15)19/h2-3,5-8H,4,20H2,1H3. The second kappa shape index (κ2) is 7.08. The van der Waals surface area contributed by atoms with Gasteiger partial charge in [-0.1, -0.05) is 46.4 Å². The molecule has 2 nitrogen and oxygen atoms in total. The Morgan fingerprint density at radius 2 is 1.62 bits per heavy atom. The molecule has 1 atom stereocenters. The van der Waals surface area contributed by atoms with Gasteiger partial charge < -0.3 is 10.5 Å². The second-order valence-corrected chi connectivity index (χ2v) is 6.39. The largest absolute Gasteiger partial charge is 0.455 e. The lowest BCUT2D eigenvalue weighted by Crippen LogP contribution is -2.18. The maximum atomic E-state index is 6.12. The van der Waals surface area contributed by atoms with E-state index >= 15 is 0 Å². The van der Waals surface area contributed by atoms with Crippen LogP contribution in [-0.2, 0) is 6.42 Å². The molecule has 0 saturated heterocycles. The quantitative estimate of drug-likeness (QED) is 0.677. The summed E-state index contributed by atoms with van der Waals surface area (Å²) >= 11 is 24.0. The van der Waals surface area contributed by atoms with Crippen molar-refractivity contribution in [3.63, 3.8) is 0 Å². The third-order valence-corrected chi connectivity index (χ3v) is 4.01. The van der Waals surface area contributed by atoms with Crippen molar-refractivity contribution in [2.24, 2.45) is 5.73 Å². The van der Waals surface area contributed by atoms with E-state index in [1.54, 1.807) is 24.3 Å². The van der Waals surface area contributed by atoms with Gasteiger partial charge in [0.1, 0.15) is 11.5 Å². The van der Waals surface area contributed by atoms with Crippen molar-refractivity contribution in [3.8, 4) is 11.5 Å². The highest BCUT2D eigenvalue weighted by atomic mass is 35.5. The smallest absolute Gasteiger partial charge is 0.147 e. The van der Waals surface area contributed by atoms with E-state index < -0.39 is 0 Å². The molecule has 1 unspecified atom stereocenters. The highest BCUT2D eigenvalue weighted by molar-refractivity contribution is 6.43. The number of nitrogens with two attached hydrogens (primary N) is 1. The minimum atomic E-state index is -0.0184. The van der Waals surface area contributed by atoms with Crippen LogP contribution in [0.15, 0.2) is 30.3 Å². The molecule has 0 aliphatic heterocycles. The molecule has 0 heterocycles. The number of ether oxygens (including phenoxy) is 1. The number of hydrogen-bond donors (Lipinski definition) is 1. The van der Waals surface area contributed by atoms with Crippen LogP contribution >= 0.6 is 46.4 Å². The van der Waals surface area contributed by atoms with Gasteiger partial charge in [0.2, 0.25) is 0 Å². The highest BCUT2D eigenvalue weighted by Crippen LogP contribution is 2.37. The molecule has 2 aromatic carbocycles. The molecule has 0 saturated carbocycles. The Morgan fingerprint density at radius 1 is 0.952 bits per heavy atom. The van der Waals surface area contributed by atoms with E-state index in [1.165, 1.54) is 0 Å². The summed E-state index contributed by atoms with van der Waals surface area (Å²) in [7, 11) is 0. The maximum Gasteiger partial charge on any atom is 0.147 e. The van der Waals surface area contributed by atoms with Gasteiger partial charge in [0.15, 0.2) is 0 Å². The fourth-order valence-electron chi connectivity index (χ4n) is 1.85. The summed E-state index contributed by atoms with van der Waals surface area (Å²) in [6.45, 7) is 1.91. The lowest BCUT2D eigenvalue weighted by atomic mass is 10.1. The summed E-state index contributed by atoms with van der Waals surface area (Å²) in [4.78, 5) is 0. The fraction of sp³-hybridized carbons (Fsp3) is 0.200. The van der Waals surface area contributed by atoms with Crippen molar-refractivity contribution in [3.05, 3.63) is 56.0 Å². The molecule has 0 spiro atoms. The second-order valence-electron chi connectivity index (χ2n) is 4.73. The van der Waals surface area contributed by atoms with Crippen molar-refractivity contribution in [1.29, 1.82) is 0 Å². The van der Waals surface area contributed by atoms with Crippen molar-refractivity contribution in [2.75, 3.05) is 0 Å². The Kier molecular flexibility index (Phi) is 5.64. The Morgan fingerprint density at radius 3 is 2.29 bits per heavy atom. The zero-order chi connectivity index (χ0) is 15.6. The van der Waals surface area contributed by atoms with E-state index in [1.807, 2.05) is 13.0 Å². The Hall–Kier alpha value is -0.640. The summed E-state index contributed by atoms with van der Waals surface area (Å²) in [6.07, 6.45) is 0.634. The van der Waals surface area contributed by atoms with Crippen LogP contribution < -0.4 is 10.5 Å². The molecular weight excluding hydrogens is 352 g/mol. The third kappa shape index (κ3) is 4.41. The van der Waals surface area contributed by atoms with E-state index in [0.717, 1.165) is 5.56 Å². The SMILES string of the molecule is CC(N)Cc1cc(Cl)ccc1Oc1cc(Cl)c(Cl)cc1Cl. The number of benzene rings is 2. The molecule has 6 heteroatoms.